The van der Waals surface area contributed by atoms with Crippen LogP contribution < -0.4 is 5.32 Å². The Balaban J connectivity index is 2.06. The summed E-state index contributed by atoms with van der Waals surface area (Å²) in [7, 11) is 0. The Morgan fingerprint density at radius 1 is 1.39 bits per heavy atom. The first-order valence-electron chi connectivity index (χ1n) is 6.12. The standard InChI is InChI=1S/C14H18N4/c1-3-4-6-12(2)17-13-7-5-8-14(9-13)18-10-15-16-11-18/h3,5,7-12,17H,1,4,6H2,2H3/t12-/m0/s1. The molecule has 0 spiro atoms. The molecule has 0 fully saturated rings. The van der Waals surface area contributed by atoms with E-state index in [1.807, 2.05) is 22.8 Å². The first-order valence-corrected chi connectivity index (χ1v) is 6.12. The SMILES string of the molecule is C=CCC[C@H](C)Nc1cccc(-n2cnnc2)c1. The Morgan fingerprint density at radius 2 is 2.17 bits per heavy atom. The van der Waals surface area contributed by atoms with Crippen LogP contribution >= 0.6 is 0 Å². The summed E-state index contributed by atoms with van der Waals surface area (Å²) in [6.45, 7) is 5.92. The molecule has 1 aromatic heterocycles. The Morgan fingerprint density at radius 3 is 2.89 bits per heavy atom. The van der Waals surface area contributed by atoms with Crippen molar-refractivity contribution in [2.45, 2.75) is 25.8 Å². The van der Waals surface area contributed by atoms with Crippen molar-refractivity contribution < 1.29 is 0 Å². The molecule has 1 heterocycles. The van der Waals surface area contributed by atoms with E-state index in [1.54, 1.807) is 12.7 Å². The van der Waals surface area contributed by atoms with Gasteiger partial charge in [0.15, 0.2) is 0 Å². The number of nitrogens with zero attached hydrogens (tertiary/aromatic N) is 3. The van der Waals surface area contributed by atoms with E-state index in [0.29, 0.717) is 6.04 Å². The van der Waals surface area contributed by atoms with Gasteiger partial charge in [0.25, 0.3) is 0 Å². The number of anilines is 1. The van der Waals surface area contributed by atoms with E-state index in [4.69, 9.17) is 0 Å². The van der Waals surface area contributed by atoms with Crippen molar-refractivity contribution in [1.29, 1.82) is 0 Å². The molecule has 0 aliphatic carbocycles. The molecule has 94 valence electrons. The molecule has 2 aromatic rings. The third-order valence-electron chi connectivity index (χ3n) is 2.78. The lowest BCUT2D eigenvalue weighted by atomic mass is 10.1. The second kappa shape index (κ2) is 6.00. The van der Waals surface area contributed by atoms with Gasteiger partial charge >= 0.3 is 0 Å². The van der Waals surface area contributed by atoms with E-state index in [9.17, 15) is 0 Å². The molecule has 1 atom stereocenters. The maximum Gasteiger partial charge on any atom is 0.123 e. The molecule has 4 nitrogen and oxygen atoms in total. The molecular weight excluding hydrogens is 224 g/mol. The van der Waals surface area contributed by atoms with Gasteiger partial charge in [-0.3, -0.25) is 4.57 Å². The van der Waals surface area contributed by atoms with E-state index >= 15 is 0 Å². The van der Waals surface area contributed by atoms with Crippen LogP contribution in [0.1, 0.15) is 19.8 Å². The van der Waals surface area contributed by atoms with Crippen molar-refractivity contribution in [1.82, 2.24) is 14.8 Å². The zero-order valence-corrected chi connectivity index (χ0v) is 10.6. The fourth-order valence-corrected chi connectivity index (χ4v) is 1.81. The smallest absolute Gasteiger partial charge is 0.123 e. The summed E-state index contributed by atoms with van der Waals surface area (Å²) in [5.41, 5.74) is 2.17. The molecular formula is C14H18N4. The maximum absolute atomic E-state index is 3.81. The Hall–Kier alpha value is -2.10. The van der Waals surface area contributed by atoms with Gasteiger partial charge < -0.3 is 5.32 Å². The van der Waals surface area contributed by atoms with Gasteiger partial charge in [-0.1, -0.05) is 12.1 Å². The van der Waals surface area contributed by atoms with Gasteiger partial charge in [0.2, 0.25) is 0 Å². The van der Waals surface area contributed by atoms with Crippen LogP contribution in [0.3, 0.4) is 0 Å². The summed E-state index contributed by atoms with van der Waals surface area (Å²) in [6, 6.07) is 8.64. The predicted octanol–water partition coefficient (Wildman–Crippen LogP) is 3.03. The number of rotatable bonds is 6. The van der Waals surface area contributed by atoms with Crippen LogP contribution in [0.2, 0.25) is 0 Å². The lowest BCUT2D eigenvalue weighted by molar-refractivity contribution is 0.719. The van der Waals surface area contributed by atoms with Crippen LogP contribution in [-0.2, 0) is 0 Å². The molecule has 18 heavy (non-hydrogen) atoms. The average Bonchev–Trinajstić information content (AvgIpc) is 2.90. The van der Waals surface area contributed by atoms with E-state index in [-0.39, 0.29) is 0 Å². The number of hydrogen-bond donors (Lipinski definition) is 1. The summed E-state index contributed by atoms with van der Waals surface area (Å²) in [5, 5.41) is 11.1. The molecule has 0 amide bonds. The van der Waals surface area contributed by atoms with Gasteiger partial charge in [-0.15, -0.1) is 16.8 Å². The van der Waals surface area contributed by atoms with Crippen LogP contribution in [0.4, 0.5) is 5.69 Å². The van der Waals surface area contributed by atoms with Crippen molar-refractivity contribution in [2.75, 3.05) is 5.32 Å². The van der Waals surface area contributed by atoms with Crippen LogP contribution in [0.15, 0.2) is 49.6 Å². The fraction of sp³-hybridized carbons (Fsp3) is 0.286. The second-order valence-electron chi connectivity index (χ2n) is 4.33. The normalized spacial score (nSPS) is 12.1. The third-order valence-corrected chi connectivity index (χ3v) is 2.78. The number of aromatic nitrogens is 3. The monoisotopic (exact) mass is 242 g/mol. The number of hydrogen-bond acceptors (Lipinski definition) is 3. The number of nitrogens with one attached hydrogen (secondary N) is 1. The van der Waals surface area contributed by atoms with Crippen LogP contribution in [0.5, 0.6) is 0 Å². The molecule has 0 saturated heterocycles. The summed E-state index contributed by atoms with van der Waals surface area (Å²) in [6.07, 6.45) is 7.45. The highest BCUT2D eigenvalue weighted by Gasteiger charge is 2.02. The summed E-state index contributed by atoms with van der Waals surface area (Å²) in [5.74, 6) is 0. The molecule has 0 aliphatic rings. The van der Waals surface area contributed by atoms with E-state index in [1.165, 1.54) is 0 Å². The molecule has 0 aliphatic heterocycles. The highest BCUT2D eigenvalue weighted by Crippen LogP contribution is 2.16. The van der Waals surface area contributed by atoms with Gasteiger partial charge in [0.05, 0.1) is 5.69 Å². The van der Waals surface area contributed by atoms with Gasteiger partial charge in [-0.05, 0) is 38.0 Å². The third kappa shape index (κ3) is 3.20. The Bertz CT molecular complexity index is 490. The molecule has 0 radical (unpaired) electrons. The Kier molecular flexibility index (Phi) is 4.12. The zero-order chi connectivity index (χ0) is 12.8. The molecule has 1 aromatic carbocycles. The minimum atomic E-state index is 0.430. The molecule has 4 heteroatoms. The van der Waals surface area contributed by atoms with Crippen LogP contribution in [0, 0.1) is 0 Å². The van der Waals surface area contributed by atoms with Gasteiger partial charge in [0.1, 0.15) is 12.7 Å². The zero-order valence-electron chi connectivity index (χ0n) is 10.6. The first-order chi connectivity index (χ1) is 8.79. The second-order valence-corrected chi connectivity index (χ2v) is 4.33. The van der Waals surface area contributed by atoms with Crippen molar-refractivity contribution in [3.63, 3.8) is 0 Å². The van der Waals surface area contributed by atoms with Gasteiger partial charge in [-0.25, -0.2) is 0 Å². The molecule has 0 unspecified atom stereocenters. The molecule has 0 bridgehead atoms. The maximum atomic E-state index is 3.81. The van der Waals surface area contributed by atoms with Gasteiger partial charge in [0, 0.05) is 11.7 Å². The van der Waals surface area contributed by atoms with E-state index in [0.717, 1.165) is 24.2 Å². The first kappa shape index (κ1) is 12.4. The molecule has 2 rings (SSSR count). The van der Waals surface area contributed by atoms with Crippen molar-refractivity contribution in [2.24, 2.45) is 0 Å². The largest absolute Gasteiger partial charge is 0.383 e. The topological polar surface area (TPSA) is 42.7 Å². The quantitative estimate of drug-likeness (QED) is 0.792. The summed E-state index contributed by atoms with van der Waals surface area (Å²) >= 11 is 0. The summed E-state index contributed by atoms with van der Waals surface area (Å²) in [4.78, 5) is 0. The number of allylic oxidation sites excluding steroid dienone is 1. The minimum absolute atomic E-state index is 0.430. The average molecular weight is 242 g/mol. The fourth-order valence-electron chi connectivity index (χ4n) is 1.81. The van der Waals surface area contributed by atoms with E-state index < -0.39 is 0 Å². The summed E-state index contributed by atoms with van der Waals surface area (Å²) < 4.78 is 1.89. The highest BCUT2D eigenvalue weighted by atomic mass is 15.2. The van der Waals surface area contributed by atoms with Crippen molar-refractivity contribution >= 4 is 5.69 Å². The number of benzene rings is 1. The molecule has 1 N–H and O–H groups in total. The van der Waals surface area contributed by atoms with Crippen molar-refractivity contribution in [3.8, 4) is 5.69 Å². The lowest BCUT2D eigenvalue weighted by Crippen LogP contribution is -2.14. The van der Waals surface area contributed by atoms with Gasteiger partial charge in [-0.2, -0.15) is 0 Å². The molecule has 0 saturated carbocycles. The highest BCUT2D eigenvalue weighted by molar-refractivity contribution is 5.51. The van der Waals surface area contributed by atoms with Crippen molar-refractivity contribution in [3.05, 3.63) is 49.6 Å². The minimum Gasteiger partial charge on any atom is -0.383 e. The predicted molar refractivity (Wildman–Crippen MR) is 73.9 cm³/mol. The van der Waals surface area contributed by atoms with Crippen LogP contribution in [0.25, 0.3) is 5.69 Å². The lowest BCUT2D eigenvalue weighted by Gasteiger charge is -2.15. The Labute approximate surface area is 107 Å². The van der Waals surface area contributed by atoms with Crippen LogP contribution in [-0.4, -0.2) is 20.8 Å². The van der Waals surface area contributed by atoms with E-state index in [2.05, 4.69) is 41.1 Å².